The van der Waals surface area contributed by atoms with Crippen LogP contribution in [0, 0.1) is 0 Å². The van der Waals surface area contributed by atoms with Gasteiger partial charge in [-0.05, 0) is 29.3 Å². The lowest BCUT2D eigenvalue weighted by Crippen LogP contribution is -2.22. The first-order valence-electron chi connectivity index (χ1n) is 5.69. The van der Waals surface area contributed by atoms with Gasteiger partial charge in [-0.2, -0.15) is 0 Å². The molecule has 0 aliphatic rings. The summed E-state index contributed by atoms with van der Waals surface area (Å²) in [7, 11) is 3.13. The topological polar surface area (TPSA) is 58.6 Å². The van der Waals surface area contributed by atoms with Crippen LogP contribution >= 0.6 is 0 Å². The molecular formula is C15H13O4-. The molecule has 0 saturated carbocycles. The summed E-state index contributed by atoms with van der Waals surface area (Å²) >= 11 is 0. The number of ether oxygens (including phenoxy) is 2. The Balaban J connectivity index is 2.52. The largest absolute Gasteiger partial charge is 0.545 e. The van der Waals surface area contributed by atoms with Gasteiger partial charge in [-0.15, -0.1) is 0 Å². The van der Waals surface area contributed by atoms with E-state index in [-0.39, 0.29) is 5.56 Å². The number of rotatable bonds is 4. The summed E-state index contributed by atoms with van der Waals surface area (Å²) in [6, 6.07) is 11.9. The highest BCUT2D eigenvalue weighted by atomic mass is 16.5. The first-order chi connectivity index (χ1) is 9.15. The van der Waals surface area contributed by atoms with Crippen molar-refractivity contribution in [2.24, 2.45) is 0 Å². The van der Waals surface area contributed by atoms with E-state index in [1.54, 1.807) is 38.5 Å². The number of benzene rings is 2. The van der Waals surface area contributed by atoms with Gasteiger partial charge in [-0.3, -0.25) is 0 Å². The molecule has 0 heterocycles. The van der Waals surface area contributed by atoms with Crippen LogP contribution < -0.4 is 14.6 Å². The van der Waals surface area contributed by atoms with Gasteiger partial charge in [0.2, 0.25) is 0 Å². The molecule has 0 aromatic heterocycles. The zero-order valence-electron chi connectivity index (χ0n) is 10.7. The van der Waals surface area contributed by atoms with Crippen molar-refractivity contribution in [1.82, 2.24) is 0 Å². The molecule has 0 spiro atoms. The first kappa shape index (κ1) is 13.0. The van der Waals surface area contributed by atoms with Crippen LogP contribution in [0.25, 0.3) is 11.1 Å². The van der Waals surface area contributed by atoms with Gasteiger partial charge in [-0.25, -0.2) is 0 Å². The zero-order chi connectivity index (χ0) is 13.8. The van der Waals surface area contributed by atoms with Crippen molar-refractivity contribution in [3.63, 3.8) is 0 Å². The van der Waals surface area contributed by atoms with Gasteiger partial charge >= 0.3 is 0 Å². The van der Waals surface area contributed by atoms with Gasteiger partial charge in [-0.1, -0.05) is 18.2 Å². The van der Waals surface area contributed by atoms with E-state index in [0.29, 0.717) is 11.5 Å². The Morgan fingerprint density at radius 3 is 2.47 bits per heavy atom. The Morgan fingerprint density at radius 2 is 1.84 bits per heavy atom. The number of carboxylic acid groups (broad SMARTS) is 1. The molecule has 0 unspecified atom stereocenters. The third kappa shape index (κ3) is 2.68. The van der Waals surface area contributed by atoms with Crippen molar-refractivity contribution in [2.75, 3.05) is 14.2 Å². The second-order valence-electron chi connectivity index (χ2n) is 3.93. The molecule has 19 heavy (non-hydrogen) atoms. The van der Waals surface area contributed by atoms with Crippen molar-refractivity contribution in [2.45, 2.75) is 0 Å². The average Bonchev–Trinajstić information content (AvgIpc) is 2.46. The minimum atomic E-state index is -1.20. The van der Waals surface area contributed by atoms with E-state index < -0.39 is 5.97 Å². The Morgan fingerprint density at radius 1 is 1.05 bits per heavy atom. The monoisotopic (exact) mass is 257 g/mol. The van der Waals surface area contributed by atoms with E-state index in [9.17, 15) is 9.90 Å². The lowest BCUT2D eigenvalue weighted by atomic mass is 10.0. The molecule has 0 amide bonds. The molecule has 4 nitrogen and oxygen atoms in total. The van der Waals surface area contributed by atoms with Crippen molar-refractivity contribution >= 4 is 5.97 Å². The third-order valence-corrected chi connectivity index (χ3v) is 2.82. The maximum absolute atomic E-state index is 10.9. The first-order valence-corrected chi connectivity index (χ1v) is 5.69. The highest BCUT2D eigenvalue weighted by molar-refractivity contribution is 5.88. The van der Waals surface area contributed by atoms with E-state index in [1.807, 2.05) is 12.1 Å². The minimum Gasteiger partial charge on any atom is -0.545 e. The Bertz CT molecular complexity index is 605. The van der Waals surface area contributed by atoms with Crippen molar-refractivity contribution in [3.8, 4) is 22.6 Å². The Hall–Kier alpha value is -2.49. The number of methoxy groups -OCH3 is 2. The van der Waals surface area contributed by atoms with E-state index in [4.69, 9.17) is 9.47 Å². The molecule has 0 radical (unpaired) electrons. The number of aromatic carboxylic acids is 1. The lowest BCUT2D eigenvalue weighted by Gasteiger charge is -2.12. The quantitative estimate of drug-likeness (QED) is 0.837. The van der Waals surface area contributed by atoms with Gasteiger partial charge in [0, 0.05) is 11.6 Å². The lowest BCUT2D eigenvalue weighted by molar-refractivity contribution is -0.255. The van der Waals surface area contributed by atoms with Crippen LogP contribution in [-0.2, 0) is 0 Å². The molecule has 2 aromatic rings. The van der Waals surface area contributed by atoms with Crippen LogP contribution in [0.2, 0.25) is 0 Å². The van der Waals surface area contributed by atoms with Crippen LogP contribution in [0.4, 0.5) is 0 Å². The summed E-state index contributed by atoms with van der Waals surface area (Å²) in [5, 5.41) is 10.9. The summed E-state index contributed by atoms with van der Waals surface area (Å²) in [6.45, 7) is 0. The van der Waals surface area contributed by atoms with Gasteiger partial charge in [0.15, 0.2) is 0 Å². The summed E-state index contributed by atoms with van der Waals surface area (Å²) in [5.41, 5.74) is 1.68. The number of hydrogen-bond donors (Lipinski definition) is 0. The van der Waals surface area contributed by atoms with Crippen LogP contribution in [0.1, 0.15) is 10.4 Å². The summed E-state index contributed by atoms with van der Waals surface area (Å²) in [4.78, 5) is 10.9. The molecular weight excluding hydrogens is 244 g/mol. The smallest absolute Gasteiger partial charge is 0.130 e. The fraction of sp³-hybridized carbons (Fsp3) is 0.133. The van der Waals surface area contributed by atoms with Crippen molar-refractivity contribution in [3.05, 3.63) is 48.0 Å². The number of carboxylic acids is 1. The zero-order valence-corrected chi connectivity index (χ0v) is 10.7. The summed E-state index contributed by atoms with van der Waals surface area (Å²) < 4.78 is 10.4. The predicted octanol–water partition coefficient (Wildman–Crippen LogP) is 1.73. The average molecular weight is 257 g/mol. The number of hydrogen-bond acceptors (Lipinski definition) is 4. The van der Waals surface area contributed by atoms with Gasteiger partial charge in [0.05, 0.1) is 20.2 Å². The van der Waals surface area contributed by atoms with Gasteiger partial charge in [0.25, 0.3) is 0 Å². The normalized spacial score (nSPS) is 10.0. The summed E-state index contributed by atoms with van der Waals surface area (Å²) in [5.74, 6) is 0.0980. The molecule has 0 fully saturated rings. The maximum Gasteiger partial charge on any atom is 0.130 e. The van der Waals surface area contributed by atoms with Crippen molar-refractivity contribution in [1.29, 1.82) is 0 Å². The number of carbonyl (C=O) groups excluding carboxylic acids is 1. The molecule has 4 heteroatoms. The standard InChI is InChI=1S/C15H14O4/c1-18-12-6-7-13(14(9-12)19-2)10-4-3-5-11(8-10)15(16)17/h3-9H,1-2H3,(H,16,17)/p-1. The van der Waals surface area contributed by atoms with Crippen LogP contribution in [0.3, 0.4) is 0 Å². The third-order valence-electron chi connectivity index (χ3n) is 2.82. The molecule has 0 N–H and O–H groups in total. The Labute approximate surface area is 111 Å². The van der Waals surface area contributed by atoms with E-state index in [2.05, 4.69) is 0 Å². The second kappa shape index (κ2) is 5.44. The van der Waals surface area contributed by atoms with Crippen LogP contribution in [-0.4, -0.2) is 20.2 Å². The molecule has 2 aromatic carbocycles. The van der Waals surface area contributed by atoms with Crippen LogP contribution in [0.5, 0.6) is 11.5 Å². The fourth-order valence-corrected chi connectivity index (χ4v) is 1.85. The Kier molecular flexibility index (Phi) is 3.71. The molecule has 0 aliphatic heterocycles. The highest BCUT2D eigenvalue weighted by Gasteiger charge is 2.08. The van der Waals surface area contributed by atoms with Gasteiger partial charge < -0.3 is 19.4 Å². The highest BCUT2D eigenvalue weighted by Crippen LogP contribution is 2.33. The molecule has 2 rings (SSSR count). The minimum absolute atomic E-state index is 0.135. The van der Waals surface area contributed by atoms with E-state index in [0.717, 1.165) is 11.1 Å². The van der Waals surface area contributed by atoms with E-state index >= 15 is 0 Å². The molecule has 0 bridgehead atoms. The molecule has 0 saturated heterocycles. The fourth-order valence-electron chi connectivity index (χ4n) is 1.85. The maximum atomic E-state index is 10.9. The van der Waals surface area contributed by atoms with E-state index in [1.165, 1.54) is 6.07 Å². The SMILES string of the molecule is COc1ccc(-c2cccc(C(=O)[O-])c2)c(OC)c1. The number of carbonyl (C=O) groups is 1. The molecule has 0 atom stereocenters. The molecule has 0 aliphatic carbocycles. The van der Waals surface area contributed by atoms with Crippen molar-refractivity contribution < 1.29 is 19.4 Å². The molecule has 98 valence electrons. The predicted molar refractivity (Wildman–Crippen MR) is 69.3 cm³/mol. The van der Waals surface area contributed by atoms with Crippen LogP contribution in [0.15, 0.2) is 42.5 Å². The summed E-state index contributed by atoms with van der Waals surface area (Å²) in [6.07, 6.45) is 0. The van der Waals surface area contributed by atoms with Gasteiger partial charge in [0.1, 0.15) is 11.5 Å². The second-order valence-corrected chi connectivity index (χ2v) is 3.93.